The predicted molar refractivity (Wildman–Crippen MR) is 83.3 cm³/mol. The molecule has 0 atom stereocenters. The molecule has 0 aliphatic carbocycles. The van der Waals surface area contributed by atoms with Gasteiger partial charge in [-0.05, 0) is 35.9 Å². The molecule has 0 unspecified atom stereocenters. The summed E-state index contributed by atoms with van der Waals surface area (Å²) in [5, 5.41) is 0. The Balaban J connectivity index is 1.81. The first-order valence-electron chi connectivity index (χ1n) is 7.10. The molecule has 0 saturated heterocycles. The molecule has 0 amide bonds. The van der Waals surface area contributed by atoms with E-state index >= 15 is 0 Å². The number of allylic oxidation sites excluding steroid dienone is 1. The van der Waals surface area contributed by atoms with E-state index in [2.05, 4.69) is 4.74 Å². The average Bonchev–Trinajstić information content (AvgIpc) is 2.88. The molecule has 1 aliphatic rings. The molecule has 0 aromatic heterocycles. The van der Waals surface area contributed by atoms with Crippen molar-refractivity contribution in [3.8, 4) is 11.5 Å². The summed E-state index contributed by atoms with van der Waals surface area (Å²) in [4.78, 5) is 23.4. The minimum atomic E-state index is -0.515. The van der Waals surface area contributed by atoms with Crippen LogP contribution >= 0.6 is 0 Å². The quantitative estimate of drug-likeness (QED) is 0.638. The van der Waals surface area contributed by atoms with Crippen LogP contribution in [0.2, 0.25) is 0 Å². The number of ketones is 1. The summed E-state index contributed by atoms with van der Waals surface area (Å²) in [7, 11) is 1.26. The van der Waals surface area contributed by atoms with Gasteiger partial charge in [0.1, 0.15) is 17.3 Å². The zero-order chi connectivity index (χ0) is 17.1. The van der Waals surface area contributed by atoms with Crippen LogP contribution in [0, 0.1) is 5.82 Å². The van der Waals surface area contributed by atoms with Crippen molar-refractivity contribution in [3.05, 3.63) is 65.2 Å². The second-order valence-corrected chi connectivity index (χ2v) is 5.02. The number of rotatable bonds is 4. The molecule has 122 valence electrons. The van der Waals surface area contributed by atoms with Gasteiger partial charge in [0.25, 0.3) is 0 Å². The third-order valence-electron chi connectivity index (χ3n) is 3.37. The van der Waals surface area contributed by atoms with Gasteiger partial charge in [-0.25, -0.2) is 9.18 Å². The summed E-state index contributed by atoms with van der Waals surface area (Å²) >= 11 is 0. The molecule has 0 bridgehead atoms. The van der Waals surface area contributed by atoms with E-state index in [9.17, 15) is 14.0 Å². The van der Waals surface area contributed by atoms with Crippen molar-refractivity contribution in [1.29, 1.82) is 0 Å². The number of carbonyl (C=O) groups is 2. The molecule has 6 heteroatoms. The zero-order valence-corrected chi connectivity index (χ0v) is 12.7. The van der Waals surface area contributed by atoms with Gasteiger partial charge < -0.3 is 14.2 Å². The molecule has 3 rings (SSSR count). The minimum absolute atomic E-state index is 0.0979. The molecule has 24 heavy (non-hydrogen) atoms. The van der Waals surface area contributed by atoms with Crippen LogP contribution in [0.15, 0.2) is 48.2 Å². The van der Waals surface area contributed by atoms with Crippen LogP contribution < -0.4 is 9.47 Å². The predicted octanol–water partition coefficient (Wildman–Crippen LogP) is 2.99. The molecule has 2 aromatic rings. The van der Waals surface area contributed by atoms with Gasteiger partial charge in [0.15, 0.2) is 12.4 Å². The molecule has 0 N–H and O–H groups in total. The highest BCUT2D eigenvalue weighted by Crippen LogP contribution is 2.34. The van der Waals surface area contributed by atoms with Crippen LogP contribution in [0.3, 0.4) is 0 Å². The number of fused-ring (bicyclic) bond motifs is 1. The van der Waals surface area contributed by atoms with E-state index in [0.717, 1.165) is 0 Å². The zero-order valence-electron chi connectivity index (χ0n) is 12.7. The summed E-state index contributed by atoms with van der Waals surface area (Å²) in [6.45, 7) is -0.241. The Bertz CT molecular complexity index is 841. The highest BCUT2D eigenvalue weighted by Gasteiger charge is 2.27. The lowest BCUT2D eigenvalue weighted by atomic mass is 10.1. The van der Waals surface area contributed by atoms with Gasteiger partial charge >= 0.3 is 5.97 Å². The van der Waals surface area contributed by atoms with E-state index in [1.165, 1.54) is 31.4 Å². The van der Waals surface area contributed by atoms with Gasteiger partial charge in [-0.2, -0.15) is 0 Å². The van der Waals surface area contributed by atoms with Crippen LogP contribution in [0.1, 0.15) is 15.9 Å². The van der Waals surface area contributed by atoms with Gasteiger partial charge in [-0.1, -0.05) is 12.1 Å². The van der Waals surface area contributed by atoms with Gasteiger partial charge in [-0.3, -0.25) is 4.79 Å². The number of Topliss-reactive ketones (excluding diaryl/α,β-unsaturated/α-hetero) is 1. The van der Waals surface area contributed by atoms with Gasteiger partial charge in [-0.15, -0.1) is 0 Å². The van der Waals surface area contributed by atoms with Gasteiger partial charge in [0.05, 0.1) is 12.7 Å². The summed E-state index contributed by atoms with van der Waals surface area (Å²) in [6.07, 6.45) is 1.47. The van der Waals surface area contributed by atoms with Crippen molar-refractivity contribution < 1.29 is 28.2 Å². The van der Waals surface area contributed by atoms with Crippen LogP contribution in [0.5, 0.6) is 11.5 Å². The Morgan fingerprint density at radius 2 is 2.08 bits per heavy atom. The second kappa shape index (κ2) is 6.54. The Labute approximate surface area is 137 Å². The second-order valence-electron chi connectivity index (χ2n) is 5.02. The highest BCUT2D eigenvalue weighted by molar-refractivity contribution is 6.14. The summed E-state index contributed by atoms with van der Waals surface area (Å²) in [5.74, 6) is -0.413. The Hall–Kier alpha value is -3.15. The van der Waals surface area contributed by atoms with E-state index in [1.807, 2.05) is 0 Å². The molecular formula is C18H13FO5. The molecule has 0 saturated carbocycles. The lowest BCUT2D eigenvalue weighted by Crippen LogP contribution is -2.12. The van der Waals surface area contributed by atoms with Crippen molar-refractivity contribution in [2.45, 2.75) is 0 Å². The molecular weight excluding hydrogens is 315 g/mol. The average molecular weight is 328 g/mol. The molecule has 1 aliphatic heterocycles. The summed E-state index contributed by atoms with van der Waals surface area (Å²) < 4.78 is 28.5. The maximum atomic E-state index is 13.2. The molecule has 0 spiro atoms. The van der Waals surface area contributed by atoms with Crippen LogP contribution in [0.4, 0.5) is 4.39 Å². The summed E-state index contributed by atoms with van der Waals surface area (Å²) in [6, 6.07) is 10.5. The minimum Gasteiger partial charge on any atom is -0.482 e. The van der Waals surface area contributed by atoms with Crippen molar-refractivity contribution in [1.82, 2.24) is 0 Å². The van der Waals surface area contributed by atoms with E-state index in [0.29, 0.717) is 22.6 Å². The Morgan fingerprint density at radius 3 is 2.83 bits per heavy atom. The lowest BCUT2D eigenvalue weighted by molar-refractivity contribution is -0.142. The fourth-order valence-corrected chi connectivity index (χ4v) is 2.21. The number of hydrogen-bond acceptors (Lipinski definition) is 5. The van der Waals surface area contributed by atoms with E-state index in [1.54, 1.807) is 24.3 Å². The topological polar surface area (TPSA) is 61.8 Å². The number of ether oxygens (including phenoxy) is 3. The largest absolute Gasteiger partial charge is 0.482 e. The molecule has 5 nitrogen and oxygen atoms in total. The van der Waals surface area contributed by atoms with Crippen molar-refractivity contribution in [2.24, 2.45) is 0 Å². The molecule has 1 heterocycles. The van der Waals surface area contributed by atoms with E-state index in [-0.39, 0.29) is 18.1 Å². The fourth-order valence-electron chi connectivity index (χ4n) is 2.21. The van der Waals surface area contributed by atoms with Gasteiger partial charge in [0, 0.05) is 6.07 Å². The smallest absolute Gasteiger partial charge is 0.343 e. The molecule has 0 fully saturated rings. The number of halogens is 1. The number of methoxy groups -OCH3 is 1. The number of hydrogen-bond donors (Lipinski definition) is 0. The Morgan fingerprint density at radius 1 is 1.25 bits per heavy atom. The number of carbonyl (C=O) groups excluding carboxylic acids is 2. The van der Waals surface area contributed by atoms with Crippen LogP contribution in [-0.2, 0) is 9.53 Å². The lowest BCUT2D eigenvalue weighted by Gasteiger charge is -2.05. The van der Waals surface area contributed by atoms with Gasteiger partial charge in [0.2, 0.25) is 5.78 Å². The molecule has 0 radical (unpaired) electrons. The summed E-state index contributed by atoms with van der Waals surface area (Å²) in [5.41, 5.74) is 0.899. The monoisotopic (exact) mass is 328 g/mol. The Kier molecular flexibility index (Phi) is 4.29. The first-order chi connectivity index (χ1) is 11.6. The van der Waals surface area contributed by atoms with Crippen LogP contribution in [-0.4, -0.2) is 25.5 Å². The third-order valence-corrected chi connectivity index (χ3v) is 3.37. The standard InChI is InChI=1S/C18H13FO5/c1-22-17(20)10-23-13-5-6-14-15(9-13)24-16(18(14)21)8-11-3-2-4-12(19)7-11/h2-9H,10H2,1H3/b16-8+. The molecule has 2 aromatic carbocycles. The van der Waals surface area contributed by atoms with Crippen LogP contribution in [0.25, 0.3) is 6.08 Å². The first-order valence-corrected chi connectivity index (χ1v) is 7.10. The number of benzene rings is 2. The van der Waals surface area contributed by atoms with Crippen molar-refractivity contribution in [3.63, 3.8) is 0 Å². The maximum Gasteiger partial charge on any atom is 0.343 e. The number of esters is 1. The van der Waals surface area contributed by atoms with Crippen molar-refractivity contribution in [2.75, 3.05) is 13.7 Å². The highest BCUT2D eigenvalue weighted by atomic mass is 19.1. The first kappa shape index (κ1) is 15.7. The van der Waals surface area contributed by atoms with Crippen molar-refractivity contribution >= 4 is 17.8 Å². The van der Waals surface area contributed by atoms with E-state index < -0.39 is 11.8 Å². The SMILES string of the molecule is COC(=O)COc1ccc2c(c1)O/C(=C/c1cccc(F)c1)C2=O. The third kappa shape index (κ3) is 3.27. The van der Waals surface area contributed by atoms with E-state index in [4.69, 9.17) is 9.47 Å². The fraction of sp³-hybridized carbons (Fsp3) is 0.111. The normalized spacial score (nSPS) is 14.2. The maximum absolute atomic E-state index is 13.2.